The van der Waals surface area contributed by atoms with Crippen molar-refractivity contribution in [3.05, 3.63) is 29.8 Å². The van der Waals surface area contributed by atoms with E-state index >= 15 is 0 Å². The van der Waals surface area contributed by atoms with E-state index in [0.717, 1.165) is 10.5 Å². The van der Waals surface area contributed by atoms with Gasteiger partial charge >= 0.3 is 6.03 Å². The Bertz CT molecular complexity index is 654. The summed E-state index contributed by atoms with van der Waals surface area (Å²) in [5, 5.41) is 2.85. The Balaban J connectivity index is 1.91. The first kappa shape index (κ1) is 15.5. The molecule has 2 heterocycles. The molecular formula is C17H21N3O3. The van der Waals surface area contributed by atoms with Gasteiger partial charge in [0.2, 0.25) is 5.91 Å². The molecule has 0 bridgehead atoms. The zero-order valence-electron chi connectivity index (χ0n) is 13.6. The van der Waals surface area contributed by atoms with E-state index in [2.05, 4.69) is 19.2 Å². The van der Waals surface area contributed by atoms with Crippen molar-refractivity contribution < 1.29 is 14.4 Å². The van der Waals surface area contributed by atoms with Gasteiger partial charge in [0.25, 0.3) is 5.91 Å². The van der Waals surface area contributed by atoms with Gasteiger partial charge in [0.05, 0.1) is 11.7 Å². The van der Waals surface area contributed by atoms with Gasteiger partial charge < -0.3 is 10.2 Å². The van der Waals surface area contributed by atoms with Gasteiger partial charge in [-0.3, -0.25) is 9.59 Å². The first-order valence-corrected chi connectivity index (χ1v) is 7.91. The second-order valence-corrected chi connectivity index (χ2v) is 6.42. The number of carbonyl (C=O) groups is 3. The Kier molecular flexibility index (Phi) is 3.83. The average molecular weight is 315 g/mol. The standard InChI is InChI=1S/C17H21N3O3/c1-10(2)12-4-6-13(7-5-12)20-16(22)15-14(18-17(20)23)8-9-19(15)11(3)21/h4-7,10,14-15H,8-9H2,1-3H3,(H,18,23)/t14-,15-/m1/s1. The molecule has 0 saturated carbocycles. The molecule has 1 N–H and O–H groups in total. The monoisotopic (exact) mass is 315 g/mol. The summed E-state index contributed by atoms with van der Waals surface area (Å²) in [6.45, 7) is 6.12. The van der Waals surface area contributed by atoms with E-state index in [1.807, 2.05) is 12.1 Å². The van der Waals surface area contributed by atoms with Crippen molar-refractivity contribution in [3.8, 4) is 0 Å². The van der Waals surface area contributed by atoms with E-state index in [1.165, 1.54) is 6.92 Å². The Morgan fingerprint density at radius 1 is 1.22 bits per heavy atom. The third-order valence-corrected chi connectivity index (χ3v) is 4.61. The fourth-order valence-corrected chi connectivity index (χ4v) is 3.31. The molecule has 0 spiro atoms. The lowest BCUT2D eigenvalue weighted by Crippen LogP contribution is -2.64. The molecule has 122 valence electrons. The van der Waals surface area contributed by atoms with Crippen LogP contribution < -0.4 is 10.2 Å². The molecule has 2 fully saturated rings. The lowest BCUT2D eigenvalue weighted by molar-refractivity contribution is -0.136. The fraction of sp³-hybridized carbons (Fsp3) is 0.471. The molecule has 2 aliphatic heterocycles. The molecule has 0 radical (unpaired) electrons. The van der Waals surface area contributed by atoms with Gasteiger partial charge in [0.15, 0.2) is 0 Å². The first-order chi connectivity index (χ1) is 10.9. The summed E-state index contributed by atoms with van der Waals surface area (Å²) < 4.78 is 0. The number of nitrogens with one attached hydrogen (secondary N) is 1. The number of fused-ring (bicyclic) bond motifs is 1. The predicted molar refractivity (Wildman–Crippen MR) is 86.1 cm³/mol. The number of hydrogen-bond acceptors (Lipinski definition) is 3. The number of imide groups is 1. The summed E-state index contributed by atoms with van der Waals surface area (Å²) >= 11 is 0. The molecule has 2 atom stereocenters. The van der Waals surface area contributed by atoms with Crippen LogP contribution in [0.15, 0.2) is 24.3 Å². The lowest BCUT2D eigenvalue weighted by Gasteiger charge is -2.36. The molecule has 1 aromatic rings. The molecule has 3 rings (SSSR count). The summed E-state index contributed by atoms with van der Waals surface area (Å²) in [7, 11) is 0. The van der Waals surface area contributed by atoms with Crippen LogP contribution >= 0.6 is 0 Å². The van der Waals surface area contributed by atoms with Crippen LogP contribution in [0.5, 0.6) is 0 Å². The highest BCUT2D eigenvalue weighted by Crippen LogP contribution is 2.28. The van der Waals surface area contributed by atoms with E-state index in [1.54, 1.807) is 17.0 Å². The zero-order valence-corrected chi connectivity index (χ0v) is 13.6. The largest absolute Gasteiger partial charge is 0.332 e. The van der Waals surface area contributed by atoms with E-state index in [9.17, 15) is 14.4 Å². The number of benzene rings is 1. The Morgan fingerprint density at radius 3 is 2.43 bits per heavy atom. The second-order valence-electron chi connectivity index (χ2n) is 6.42. The highest BCUT2D eigenvalue weighted by atomic mass is 16.2. The zero-order chi connectivity index (χ0) is 16.7. The van der Waals surface area contributed by atoms with Crippen molar-refractivity contribution in [1.29, 1.82) is 0 Å². The van der Waals surface area contributed by atoms with Crippen molar-refractivity contribution in [2.45, 2.75) is 45.2 Å². The summed E-state index contributed by atoms with van der Waals surface area (Å²) in [6.07, 6.45) is 0.613. The molecule has 2 aliphatic rings. The Morgan fingerprint density at radius 2 is 1.87 bits per heavy atom. The minimum Gasteiger partial charge on any atom is -0.332 e. The van der Waals surface area contributed by atoms with Crippen molar-refractivity contribution in [3.63, 3.8) is 0 Å². The summed E-state index contributed by atoms with van der Waals surface area (Å²) in [4.78, 5) is 39.6. The normalized spacial score (nSPS) is 24.0. The number of hydrogen-bond donors (Lipinski definition) is 1. The van der Waals surface area contributed by atoms with Crippen LogP contribution in [0, 0.1) is 0 Å². The Labute approximate surface area is 135 Å². The van der Waals surface area contributed by atoms with Gasteiger partial charge in [-0.15, -0.1) is 0 Å². The minimum absolute atomic E-state index is 0.142. The number of likely N-dealkylation sites (tertiary alicyclic amines) is 1. The third-order valence-electron chi connectivity index (χ3n) is 4.61. The van der Waals surface area contributed by atoms with Crippen LogP contribution in [0.25, 0.3) is 0 Å². The molecule has 23 heavy (non-hydrogen) atoms. The highest BCUT2D eigenvalue weighted by Gasteiger charge is 2.49. The van der Waals surface area contributed by atoms with Crippen molar-refractivity contribution in [2.75, 3.05) is 11.4 Å². The minimum atomic E-state index is -0.602. The number of urea groups is 1. The Hall–Kier alpha value is -2.37. The second kappa shape index (κ2) is 5.68. The molecule has 1 aromatic carbocycles. The quantitative estimate of drug-likeness (QED) is 0.905. The first-order valence-electron chi connectivity index (χ1n) is 7.91. The summed E-state index contributed by atoms with van der Waals surface area (Å²) in [5.74, 6) is -0.0943. The van der Waals surface area contributed by atoms with Crippen molar-refractivity contribution in [1.82, 2.24) is 10.2 Å². The maximum atomic E-state index is 12.8. The molecule has 0 aliphatic carbocycles. The molecular weight excluding hydrogens is 294 g/mol. The number of amides is 4. The van der Waals surface area contributed by atoms with Gasteiger partial charge in [-0.2, -0.15) is 0 Å². The van der Waals surface area contributed by atoms with Crippen molar-refractivity contribution >= 4 is 23.5 Å². The van der Waals surface area contributed by atoms with Gasteiger partial charge in [-0.05, 0) is 30.0 Å². The smallest absolute Gasteiger partial charge is 0.329 e. The summed E-state index contributed by atoms with van der Waals surface area (Å²) in [6, 6.07) is 6.09. The number of carbonyl (C=O) groups excluding carboxylic acids is 3. The van der Waals surface area contributed by atoms with Gasteiger partial charge in [0, 0.05) is 13.5 Å². The van der Waals surface area contributed by atoms with Crippen LogP contribution in [0.4, 0.5) is 10.5 Å². The van der Waals surface area contributed by atoms with Crippen LogP contribution in [-0.2, 0) is 9.59 Å². The molecule has 6 heteroatoms. The van der Waals surface area contributed by atoms with Crippen LogP contribution in [0.3, 0.4) is 0 Å². The fourth-order valence-electron chi connectivity index (χ4n) is 3.31. The number of anilines is 1. The number of nitrogens with zero attached hydrogens (tertiary/aromatic N) is 2. The van der Waals surface area contributed by atoms with E-state index in [4.69, 9.17) is 0 Å². The lowest BCUT2D eigenvalue weighted by atomic mass is 10.0. The van der Waals surface area contributed by atoms with E-state index in [-0.39, 0.29) is 17.9 Å². The highest BCUT2D eigenvalue weighted by molar-refractivity contribution is 6.19. The SMILES string of the molecule is CC(=O)N1CC[C@H]2NC(=O)N(c3ccc(C(C)C)cc3)C(=O)[C@@H]21. The molecule has 2 saturated heterocycles. The van der Waals surface area contributed by atoms with E-state index in [0.29, 0.717) is 24.6 Å². The van der Waals surface area contributed by atoms with E-state index < -0.39 is 12.1 Å². The van der Waals surface area contributed by atoms with Crippen LogP contribution in [-0.4, -0.2) is 41.4 Å². The molecule has 4 amide bonds. The number of rotatable bonds is 2. The average Bonchev–Trinajstić information content (AvgIpc) is 2.92. The van der Waals surface area contributed by atoms with Gasteiger partial charge in [-0.25, -0.2) is 9.69 Å². The van der Waals surface area contributed by atoms with Gasteiger partial charge in [-0.1, -0.05) is 26.0 Å². The van der Waals surface area contributed by atoms with Crippen molar-refractivity contribution in [2.24, 2.45) is 0 Å². The third kappa shape index (κ3) is 2.58. The predicted octanol–water partition coefficient (Wildman–Crippen LogP) is 1.86. The maximum absolute atomic E-state index is 12.8. The van der Waals surface area contributed by atoms with Crippen LogP contribution in [0.1, 0.15) is 38.7 Å². The molecule has 6 nitrogen and oxygen atoms in total. The molecule has 0 aromatic heterocycles. The topological polar surface area (TPSA) is 69.7 Å². The maximum Gasteiger partial charge on any atom is 0.329 e. The summed E-state index contributed by atoms with van der Waals surface area (Å²) in [5.41, 5.74) is 1.67. The van der Waals surface area contributed by atoms with Crippen LogP contribution in [0.2, 0.25) is 0 Å². The molecule has 0 unspecified atom stereocenters. The van der Waals surface area contributed by atoms with Gasteiger partial charge in [0.1, 0.15) is 6.04 Å².